The van der Waals surface area contributed by atoms with Gasteiger partial charge in [0.15, 0.2) is 5.96 Å². The Morgan fingerprint density at radius 2 is 2.04 bits per heavy atom. The number of nitrogens with one attached hydrogen (secondary N) is 2. The predicted molar refractivity (Wildman–Crippen MR) is 125 cm³/mol. The molecule has 0 amide bonds. The van der Waals surface area contributed by atoms with E-state index in [0.717, 1.165) is 57.1 Å². The molecular formula is C20H35IN4OS. The van der Waals surface area contributed by atoms with E-state index in [1.165, 1.54) is 43.6 Å². The van der Waals surface area contributed by atoms with E-state index in [1.54, 1.807) is 0 Å². The molecule has 2 fully saturated rings. The lowest BCUT2D eigenvalue weighted by Crippen LogP contribution is -2.43. The van der Waals surface area contributed by atoms with Crippen LogP contribution in [0.5, 0.6) is 0 Å². The molecule has 2 N–H and O–H groups in total. The van der Waals surface area contributed by atoms with Crippen molar-refractivity contribution < 1.29 is 4.74 Å². The summed E-state index contributed by atoms with van der Waals surface area (Å²) < 4.78 is 5.67. The first-order valence-electron chi connectivity index (χ1n) is 10.1. The molecule has 1 saturated carbocycles. The SMILES string of the molecule is CN=C(NCCCOCC1CC1)NCC1CCN(Cc2cccs2)CC1.I. The van der Waals surface area contributed by atoms with Crippen LogP contribution in [0.1, 0.15) is 37.0 Å². The predicted octanol–water partition coefficient (Wildman–Crippen LogP) is 3.56. The summed E-state index contributed by atoms with van der Waals surface area (Å²) in [7, 11) is 1.85. The molecule has 2 aliphatic rings. The molecule has 1 aromatic rings. The number of piperidine rings is 1. The van der Waals surface area contributed by atoms with Gasteiger partial charge in [-0.05, 0) is 68.5 Å². The van der Waals surface area contributed by atoms with Crippen molar-refractivity contribution >= 4 is 41.3 Å². The monoisotopic (exact) mass is 506 g/mol. The van der Waals surface area contributed by atoms with Crippen LogP contribution >= 0.6 is 35.3 Å². The number of guanidine groups is 1. The van der Waals surface area contributed by atoms with E-state index in [1.807, 2.05) is 18.4 Å². The summed E-state index contributed by atoms with van der Waals surface area (Å²) in [6, 6.07) is 4.39. The number of halogens is 1. The lowest BCUT2D eigenvalue weighted by Gasteiger charge is -2.32. The van der Waals surface area contributed by atoms with Gasteiger partial charge in [0.2, 0.25) is 0 Å². The summed E-state index contributed by atoms with van der Waals surface area (Å²) in [4.78, 5) is 8.40. The number of hydrogen-bond donors (Lipinski definition) is 2. The molecular weight excluding hydrogens is 471 g/mol. The Bertz CT molecular complexity index is 528. The number of aliphatic imine (C=N–C) groups is 1. The van der Waals surface area contributed by atoms with Crippen molar-refractivity contribution in [3.05, 3.63) is 22.4 Å². The van der Waals surface area contributed by atoms with E-state index in [2.05, 4.69) is 38.0 Å². The molecule has 0 bridgehead atoms. The zero-order chi connectivity index (χ0) is 18.0. The second-order valence-electron chi connectivity index (χ2n) is 7.55. The zero-order valence-corrected chi connectivity index (χ0v) is 19.6. The first kappa shape index (κ1) is 22.9. The Morgan fingerprint density at radius 3 is 2.70 bits per heavy atom. The van der Waals surface area contributed by atoms with Gasteiger partial charge in [-0.1, -0.05) is 6.07 Å². The standard InChI is InChI=1S/C20H34N4OS.HI/c1-21-20(22-9-3-12-25-16-18-5-6-18)23-14-17-7-10-24(11-8-17)15-19-4-2-13-26-19;/h2,4,13,17-18H,3,5-12,14-16H2,1H3,(H2,21,22,23);1H. The molecule has 0 spiro atoms. The largest absolute Gasteiger partial charge is 0.381 e. The van der Waals surface area contributed by atoms with Crippen LogP contribution in [0.4, 0.5) is 0 Å². The third-order valence-electron chi connectivity index (χ3n) is 5.26. The van der Waals surface area contributed by atoms with Crippen molar-refractivity contribution in [3.8, 4) is 0 Å². The van der Waals surface area contributed by atoms with Gasteiger partial charge in [-0.3, -0.25) is 9.89 Å². The quantitative estimate of drug-likeness (QED) is 0.221. The van der Waals surface area contributed by atoms with E-state index in [-0.39, 0.29) is 24.0 Å². The molecule has 1 saturated heterocycles. The summed E-state index contributed by atoms with van der Waals surface area (Å²) in [6.45, 7) is 7.27. The van der Waals surface area contributed by atoms with Gasteiger partial charge < -0.3 is 15.4 Å². The van der Waals surface area contributed by atoms with Crippen molar-refractivity contribution in [2.45, 2.75) is 38.6 Å². The molecule has 27 heavy (non-hydrogen) atoms. The zero-order valence-electron chi connectivity index (χ0n) is 16.5. The molecule has 5 nitrogen and oxygen atoms in total. The van der Waals surface area contributed by atoms with E-state index in [4.69, 9.17) is 4.74 Å². The number of ether oxygens (including phenoxy) is 1. The molecule has 1 aliphatic carbocycles. The number of hydrogen-bond acceptors (Lipinski definition) is 4. The highest BCUT2D eigenvalue weighted by atomic mass is 127. The van der Waals surface area contributed by atoms with Crippen LogP contribution in [-0.4, -0.2) is 57.3 Å². The van der Waals surface area contributed by atoms with Gasteiger partial charge in [-0.15, -0.1) is 35.3 Å². The highest BCUT2D eigenvalue weighted by molar-refractivity contribution is 14.0. The highest BCUT2D eigenvalue weighted by Crippen LogP contribution is 2.28. The van der Waals surface area contributed by atoms with Crippen molar-refractivity contribution in [3.63, 3.8) is 0 Å². The summed E-state index contributed by atoms with van der Waals surface area (Å²) in [5.74, 6) is 2.53. The van der Waals surface area contributed by atoms with Gasteiger partial charge in [0.25, 0.3) is 0 Å². The van der Waals surface area contributed by atoms with Crippen molar-refractivity contribution in [2.75, 3.05) is 46.4 Å². The Labute approximate surface area is 185 Å². The minimum absolute atomic E-state index is 0. The van der Waals surface area contributed by atoms with Gasteiger partial charge >= 0.3 is 0 Å². The molecule has 7 heteroatoms. The van der Waals surface area contributed by atoms with Crippen molar-refractivity contribution in [1.29, 1.82) is 0 Å². The van der Waals surface area contributed by atoms with E-state index < -0.39 is 0 Å². The van der Waals surface area contributed by atoms with Crippen LogP contribution < -0.4 is 10.6 Å². The lowest BCUT2D eigenvalue weighted by atomic mass is 9.97. The second-order valence-corrected chi connectivity index (χ2v) is 8.58. The van der Waals surface area contributed by atoms with Crippen LogP contribution in [0.15, 0.2) is 22.5 Å². The first-order valence-corrected chi connectivity index (χ1v) is 11.0. The van der Waals surface area contributed by atoms with E-state index in [0.29, 0.717) is 0 Å². The molecule has 3 rings (SSSR count). The second kappa shape index (κ2) is 13.0. The van der Waals surface area contributed by atoms with Crippen LogP contribution in [0.2, 0.25) is 0 Å². The average molecular weight is 506 g/mol. The molecule has 154 valence electrons. The Morgan fingerprint density at radius 1 is 1.22 bits per heavy atom. The summed E-state index contributed by atoms with van der Waals surface area (Å²) in [5, 5.41) is 9.07. The van der Waals surface area contributed by atoms with Crippen LogP contribution in [-0.2, 0) is 11.3 Å². The molecule has 0 radical (unpaired) electrons. The van der Waals surface area contributed by atoms with Gasteiger partial charge in [0, 0.05) is 44.8 Å². The summed E-state index contributed by atoms with van der Waals surface area (Å²) in [6.07, 6.45) is 6.30. The Kier molecular flexibility index (Phi) is 11.0. The van der Waals surface area contributed by atoms with Gasteiger partial charge in [-0.2, -0.15) is 0 Å². The number of likely N-dealkylation sites (tertiary alicyclic amines) is 1. The number of thiophene rings is 1. The summed E-state index contributed by atoms with van der Waals surface area (Å²) in [5.41, 5.74) is 0. The molecule has 2 heterocycles. The maximum atomic E-state index is 5.67. The van der Waals surface area contributed by atoms with Crippen LogP contribution in [0.3, 0.4) is 0 Å². The number of rotatable bonds is 10. The average Bonchev–Trinajstić information content (AvgIpc) is 3.36. The van der Waals surface area contributed by atoms with Crippen molar-refractivity contribution in [1.82, 2.24) is 15.5 Å². The normalized spacial score (nSPS) is 18.9. The minimum atomic E-state index is 0. The highest BCUT2D eigenvalue weighted by Gasteiger charge is 2.21. The molecule has 0 unspecified atom stereocenters. The molecule has 0 aromatic carbocycles. The Balaban J connectivity index is 0.00000261. The molecule has 0 atom stereocenters. The third kappa shape index (κ3) is 9.11. The first-order chi connectivity index (χ1) is 12.8. The maximum absolute atomic E-state index is 5.67. The smallest absolute Gasteiger partial charge is 0.190 e. The van der Waals surface area contributed by atoms with Crippen molar-refractivity contribution in [2.24, 2.45) is 16.8 Å². The van der Waals surface area contributed by atoms with Crippen LogP contribution in [0, 0.1) is 11.8 Å². The number of nitrogens with zero attached hydrogens (tertiary/aromatic N) is 2. The fourth-order valence-corrected chi connectivity index (χ4v) is 4.09. The Hall–Kier alpha value is -0.380. The third-order valence-corrected chi connectivity index (χ3v) is 6.12. The molecule has 1 aromatic heterocycles. The summed E-state index contributed by atoms with van der Waals surface area (Å²) >= 11 is 1.86. The molecule has 1 aliphatic heterocycles. The minimum Gasteiger partial charge on any atom is -0.381 e. The van der Waals surface area contributed by atoms with Crippen LogP contribution in [0.25, 0.3) is 0 Å². The van der Waals surface area contributed by atoms with Gasteiger partial charge in [-0.25, -0.2) is 0 Å². The topological polar surface area (TPSA) is 48.9 Å². The van der Waals surface area contributed by atoms with E-state index >= 15 is 0 Å². The van der Waals surface area contributed by atoms with E-state index in [9.17, 15) is 0 Å². The maximum Gasteiger partial charge on any atom is 0.190 e. The van der Waals surface area contributed by atoms with Gasteiger partial charge in [0.05, 0.1) is 0 Å². The van der Waals surface area contributed by atoms with Gasteiger partial charge in [0.1, 0.15) is 0 Å². The fraction of sp³-hybridized carbons (Fsp3) is 0.750. The fourth-order valence-electron chi connectivity index (χ4n) is 3.35. The lowest BCUT2D eigenvalue weighted by molar-refractivity contribution is 0.123.